The van der Waals surface area contributed by atoms with Crippen molar-refractivity contribution in [3.63, 3.8) is 0 Å². The Morgan fingerprint density at radius 2 is 2.13 bits per heavy atom. The number of ketones is 1. The van der Waals surface area contributed by atoms with E-state index in [0.717, 1.165) is 16.9 Å². The van der Waals surface area contributed by atoms with E-state index in [2.05, 4.69) is 6.92 Å². The predicted molar refractivity (Wildman–Crippen MR) is 91.0 cm³/mol. The van der Waals surface area contributed by atoms with Crippen LogP contribution in [0.1, 0.15) is 27.0 Å². The molecule has 2 heterocycles. The van der Waals surface area contributed by atoms with Gasteiger partial charge in [0.25, 0.3) is 0 Å². The zero-order chi connectivity index (χ0) is 16.2. The molecule has 0 fully saturated rings. The zero-order valence-electron chi connectivity index (χ0n) is 13.1. The molecule has 5 heteroatoms. The van der Waals surface area contributed by atoms with Crippen LogP contribution in [-0.4, -0.2) is 26.1 Å². The van der Waals surface area contributed by atoms with Gasteiger partial charge in [-0.15, -0.1) is 11.3 Å². The molecular weight excluding hydrogens is 312 g/mol. The van der Waals surface area contributed by atoms with Crippen molar-refractivity contribution in [3.05, 3.63) is 45.7 Å². The Kier molecular flexibility index (Phi) is 4.67. The van der Waals surface area contributed by atoms with E-state index in [0.29, 0.717) is 30.5 Å². The van der Waals surface area contributed by atoms with E-state index < -0.39 is 0 Å². The Morgan fingerprint density at radius 3 is 2.87 bits per heavy atom. The van der Waals surface area contributed by atoms with Crippen molar-refractivity contribution in [2.45, 2.75) is 13.3 Å². The number of carbonyl (C=O) groups is 1. The fourth-order valence-electron chi connectivity index (χ4n) is 2.34. The van der Waals surface area contributed by atoms with Gasteiger partial charge in [-0.2, -0.15) is 0 Å². The van der Waals surface area contributed by atoms with Gasteiger partial charge in [-0.3, -0.25) is 4.79 Å². The normalized spacial score (nSPS) is 13.3. The van der Waals surface area contributed by atoms with Gasteiger partial charge in [-0.1, -0.05) is 13.0 Å². The first kappa shape index (κ1) is 15.6. The molecule has 23 heavy (non-hydrogen) atoms. The van der Waals surface area contributed by atoms with Crippen LogP contribution < -0.4 is 14.2 Å². The maximum Gasteiger partial charge on any atom is 0.203 e. The molecule has 0 unspecified atom stereocenters. The Hall–Kier alpha value is -2.27. The second-order valence-electron chi connectivity index (χ2n) is 5.06. The molecule has 0 spiro atoms. The molecule has 0 N–H and O–H groups in total. The number of carbonyl (C=O) groups excluding carboxylic acids is 1. The van der Waals surface area contributed by atoms with E-state index in [1.54, 1.807) is 19.3 Å². The predicted octanol–water partition coefficient (Wildman–Crippen LogP) is 3.99. The Bertz CT molecular complexity index is 728. The number of hydrogen-bond acceptors (Lipinski definition) is 5. The summed E-state index contributed by atoms with van der Waals surface area (Å²) in [6.07, 6.45) is 4.30. The number of thiophene rings is 1. The Morgan fingerprint density at radius 1 is 1.30 bits per heavy atom. The minimum absolute atomic E-state index is 0.00329. The van der Waals surface area contributed by atoms with Gasteiger partial charge in [0, 0.05) is 4.88 Å². The lowest BCUT2D eigenvalue weighted by atomic mass is 10.1. The van der Waals surface area contributed by atoms with Gasteiger partial charge in [-0.25, -0.2) is 0 Å². The summed E-state index contributed by atoms with van der Waals surface area (Å²) in [7, 11) is 1.59. The monoisotopic (exact) mass is 330 g/mol. The van der Waals surface area contributed by atoms with E-state index in [1.807, 2.05) is 24.3 Å². The van der Waals surface area contributed by atoms with Gasteiger partial charge in [0.1, 0.15) is 13.2 Å². The average Bonchev–Trinajstić information content (AvgIpc) is 3.08. The van der Waals surface area contributed by atoms with Crippen molar-refractivity contribution >= 4 is 23.2 Å². The topological polar surface area (TPSA) is 44.8 Å². The summed E-state index contributed by atoms with van der Waals surface area (Å²) < 4.78 is 16.5. The first-order chi connectivity index (χ1) is 11.2. The molecule has 0 saturated heterocycles. The third-order valence-corrected chi connectivity index (χ3v) is 4.77. The summed E-state index contributed by atoms with van der Waals surface area (Å²) in [5.74, 6) is 1.88. The standard InChI is InChI=1S/C18H18O4S/c1-3-13-5-7-17(23-13)14(19)6-4-12-10-15(20-2)18-16(11-12)21-8-9-22-18/h4-7,10-11H,3,8-9H2,1-2H3/b6-4+. The van der Waals surface area contributed by atoms with Gasteiger partial charge in [0.05, 0.1) is 12.0 Å². The van der Waals surface area contributed by atoms with Crippen LogP contribution in [0, 0.1) is 0 Å². The first-order valence-electron chi connectivity index (χ1n) is 7.50. The highest BCUT2D eigenvalue weighted by molar-refractivity contribution is 7.14. The number of rotatable bonds is 5. The van der Waals surface area contributed by atoms with Crippen molar-refractivity contribution in [1.29, 1.82) is 0 Å². The number of fused-ring (bicyclic) bond motifs is 1. The van der Waals surface area contributed by atoms with Crippen molar-refractivity contribution in [1.82, 2.24) is 0 Å². The van der Waals surface area contributed by atoms with E-state index >= 15 is 0 Å². The highest BCUT2D eigenvalue weighted by atomic mass is 32.1. The highest BCUT2D eigenvalue weighted by Crippen LogP contribution is 2.40. The van der Waals surface area contributed by atoms with Gasteiger partial charge in [0.15, 0.2) is 17.3 Å². The number of aryl methyl sites for hydroxylation is 1. The minimum Gasteiger partial charge on any atom is -0.493 e. The van der Waals surface area contributed by atoms with Crippen molar-refractivity contribution < 1.29 is 19.0 Å². The average molecular weight is 330 g/mol. The lowest BCUT2D eigenvalue weighted by molar-refractivity contribution is 0.105. The Balaban J connectivity index is 1.83. The molecule has 0 atom stereocenters. The van der Waals surface area contributed by atoms with Crippen LogP contribution in [0.3, 0.4) is 0 Å². The summed E-state index contributed by atoms with van der Waals surface area (Å²) >= 11 is 1.54. The second kappa shape index (κ2) is 6.87. The lowest BCUT2D eigenvalue weighted by Crippen LogP contribution is -2.16. The minimum atomic E-state index is 0.00329. The van der Waals surface area contributed by atoms with Gasteiger partial charge in [-0.05, 0) is 42.3 Å². The molecule has 0 radical (unpaired) electrons. The Labute approximate surface area is 139 Å². The maximum absolute atomic E-state index is 12.2. The van der Waals surface area contributed by atoms with Crippen molar-refractivity contribution in [2.24, 2.45) is 0 Å². The third kappa shape index (κ3) is 3.40. The molecule has 0 aliphatic carbocycles. The zero-order valence-corrected chi connectivity index (χ0v) is 13.9. The van der Waals surface area contributed by atoms with Crippen LogP contribution in [0.25, 0.3) is 6.08 Å². The van der Waals surface area contributed by atoms with Crippen LogP contribution in [0.2, 0.25) is 0 Å². The molecule has 0 saturated carbocycles. The molecule has 1 aliphatic rings. The summed E-state index contributed by atoms with van der Waals surface area (Å²) in [6.45, 7) is 3.10. The van der Waals surface area contributed by atoms with Crippen LogP contribution >= 0.6 is 11.3 Å². The molecule has 1 aromatic carbocycles. The van der Waals surface area contributed by atoms with E-state index in [-0.39, 0.29) is 5.78 Å². The molecular formula is C18H18O4S. The number of allylic oxidation sites excluding steroid dienone is 1. The molecule has 4 nitrogen and oxygen atoms in total. The number of hydrogen-bond donors (Lipinski definition) is 0. The summed E-state index contributed by atoms with van der Waals surface area (Å²) in [6, 6.07) is 7.56. The highest BCUT2D eigenvalue weighted by Gasteiger charge is 2.17. The lowest BCUT2D eigenvalue weighted by Gasteiger charge is -2.20. The van der Waals surface area contributed by atoms with Crippen molar-refractivity contribution in [2.75, 3.05) is 20.3 Å². The fraction of sp³-hybridized carbons (Fsp3) is 0.278. The second-order valence-corrected chi connectivity index (χ2v) is 6.23. The van der Waals surface area contributed by atoms with Gasteiger partial charge >= 0.3 is 0 Å². The summed E-state index contributed by atoms with van der Waals surface area (Å²) in [5, 5.41) is 0. The first-order valence-corrected chi connectivity index (χ1v) is 8.31. The summed E-state index contributed by atoms with van der Waals surface area (Å²) in [5.41, 5.74) is 0.840. The quantitative estimate of drug-likeness (QED) is 0.614. The van der Waals surface area contributed by atoms with E-state index in [4.69, 9.17) is 14.2 Å². The fourth-order valence-corrected chi connectivity index (χ4v) is 3.21. The number of benzene rings is 1. The SMILES string of the molecule is CCc1ccc(C(=O)/C=C/c2cc(OC)c3c(c2)OCCO3)s1. The van der Waals surface area contributed by atoms with Gasteiger partial charge < -0.3 is 14.2 Å². The largest absolute Gasteiger partial charge is 0.493 e. The smallest absolute Gasteiger partial charge is 0.203 e. The number of methoxy groups -OCH3 is 1. The third-order valence-electron chi connectivity index (χ3n) is 3.53. The van der Waals surface area contributed by atoms with Gasteiger partial charge in [0.2, 0.25) is 5.75 Å². The summed E-state index contributed by atoms with van der Waals surface area (Å²) in [4.78, 5) is 14.2. The van der Waals surface area contributed by atoms with Crippen LogP contribution in [0.4, 0.5) is 0 Å². The molecule has 3 rings (SSSR count). The van der Waals surface area contributed by atoms with E-state index in [1.165, 1.54) is 16.2 Å². The maximum atomic E-state index is 12.2. The molecule has 120 valence electrons. The van der Waals surface area contributed by atoms with Crippen LogP contribution in [-0.2, 0) is 6.42 Å². The molecule has 0 amide bonds. The van der Waals surface area contributed by atoms with Crippen LogP contribution in [0.15, 0.2) is 30.3 Å². The van der Waals surface area contributed by atoms with Crippen LogP contribution in [0.5, 0.6) is 17.2 Å². The molecule has 2 aromatic rings. The molecule has 0 bridgehead atoms. The molecule has 1 aromatic heterocycles. The van der Waals surface area contributed by atoms with E-state index in [9.17, 15) is 4.79 Å². The number of ether oxygens (including phenoxy) is 3. The van der Waals surface area contributed by atoms with Crippen molar-refractivity contribution in [3.8, 4) is 17.2 Å². The molecule has 1 aliphatic heterocycles.